The predicted octanol–water partition coefficient (Wildman–Crippen LogP) is 24.1. The molecule has 0 bridgehead atoms. The smallest absolute Gasteiger partial charge is 0.306 e. The summed E-state index contributed by atoms with van der Waals surface area (Å²) in [5.41, 5.74) is 0. The molecule has 0 aliphatic rings. The Morgan fingerprint density at radius 3 is 0.771 bits per heavy atom. The van der Waals surface area contributed by atoms with Crippen LogP contribution in [0.25, 0.3) is 0 Å². The van der Waals surface area contributed by atoms with Crippen LogP contribution in [0.15, 0.2) is 134 Å². The van der Waals surface area contributed by atoms with Crippen molar-refractivity contribution >= 4 is 17.9 Å². The highest BCUT2D eigenvalue weighted by molar-refractivity contribution is 5.71. The van der Waals surface area contributed by atoms with Gasteiger partial charge < -0.3 is 14.2 Å². The maximum atomic E-state index is 12.9. The number of carbonyl (C=O) groups excluding carboxylic acids is 3. The van der Waals surface area contributed by atoms with Gasteiger partial charge in [0.2, 0.25) is 0 Å². The van der Waals surface area contributed by atoms with Crippen LogP contribution in [0, 0.1) is 0 Å². The van der Waals surface area contributed by atoms with Crippen LogP contribution in [-0.4, -0.2) is 37.2 Å². The maximum absolute atomic E-state index is 12.9. The van der Waals surface area contributed by atoms with E-state index in [2.05, 4.69) is 154 Å². The van der Waals surface area contributed by atoms with Crippen LogP contribution in [-0.2, 0) is 28.6 Å². The molecular weight excluding hydrogens is 1020 g/mol. The van der Waals surface area contributed by atoms with Gasteiger partial charge in [-0.05, 0) is 135 Å². The van der Waals surface area contributed by atoms with E-state index in [1.54, 1.807) is 0 Å². The molecule has 6 heteroatoms. The highest BCUT2D eigenvalue weighted by Gasteiger charge is 2.19. The molecule has 0 fully saturated rings. The summed E-state index contributed by atoms with van der Waals surface area (Å²) in [6, 6.07) is 0. The molecule has 0 amide bonds. The molecule has 472 valence electrons. The average Bonchev–Trinajstić information content (AvgIpc) is 3.49. The zero-order valence-corrected chi connectivity index (χ0v) is 54.2. The molecule has 0 aliphatic carbocycles. The molecule has 0 rings (SSSR count). The molecule has 0 N–H and O–H groups in total. The van der Waals surface area contributed by atoms with Crippen LogP contribution in [0.4, 0.5) is 0 Å². The van der Waals surface area contributed by atoms with Gasteiger partial charge in [-0.1, -0.05) is 296 Å². The van der Waals surface area contributed by atoms with Gasteiger partial charge in [-0.2, -0.15) is 0 Å². The van der Waals surface area contributed by atoms with Crippen molar-refractivity contribution in [3.63, 3.8) is 0 Å². The van der Waals surface area contributed by atoms with Crippen LogP contribution in [0.3, 0.4) is 0 Å². The fraction of sp³-hybridized carbons (Fsp3) is 0.675. The molecule has 1 unspecified atom stereocenters. The second-order valence-electron chi connectivity index (χ2n) is 22.7. The van der Waals surface area contributed by atoms with Crippen molar-refractivity contribution in [3.8, 4) is 0 Å². The number of rotatable bonds is 62. The Morgan fingerprint density at radius 2 is 0.470 bits per heavy atom. The van der Waals surface area contributed by atoms with E-state index in [0.29, 0.717) is 19.3 Å². The Morgan fingerprint density at radius 1 is 0.253 bits per heavy atom. The summed E-state index contributed by atoms with van der Waals surface area (Å²) in [6.45, 7) is 6.38. The van der Waals surface area contributed by atoms with Crippen molar-refractivity contribution in [2.45, 2.75) is 322 Å². The maximum Gasteiger partial charge on any atom is 0.306 e. The lowest BCUT2D eigenvalue weighted by Gasteiger charge is -2.18. The van der Waals surface area contributed by atoms with Crippen LogP contribution in [0.1, 0.15) is 316 Å². The van der Waals surface area contributed by atoms with Crippen LogP contribution in [0.5, 0.6) is 0 Å². The van der Waals surface area contributed by atoms with E-state index in [1.807, 2.05) is 0 Å². The average molecular weight is 1150 g/mol. The van der Waals surface area contributed by atoms with Gasteiger partial charge in [0.1, 0.15) is 13.2 Å². The van der Waals surface area contributed by atoms with Crippen molar-refractivity contribution in [2.75, 3.05) is 13.2 Å². The SMILES string of the molecule is CC/C=C\C/C=C\C/C=C\C/C=C\C/C=C\C/C=C\CCCCCCC(=O)OC(COC(=O)CCCC/C=C\C/C=C\C/C=C\C/C=C\CC)COC(=O)CCCCCCCCCCCCCCCCC/C=C\CCCCCCCCCC. The van der Waals surface area contributed by atoms with Crippen molar-refractivity contribution in [1.29, 1.82) is 0 Å². The van der Waals surface area contributed by atoms with E-state index in [-0.39, 0.29) is 37.5 Å². The second kappa shape index (κ2) is 70.0. The van der Waals surface area contributed by atoms with E-state index in [0.717, 1.165) is 128 Å². The molecule has 0 heterocycles. The standard InChI is InChI=1S/C77H128O6/c1-4-7-10-13-16-19-22-25-28-30-32-34-36-37-38-39-41-42-44-46-49-52-55-58-61-64-67-70-76(79)82-73-74(72-81-75(78)69-66-63-60-57-54-51-48-27-24-21-18-15-12-9-6-3)83-77(80)71-68-65-62-59-56-53-50-47-45-43-40-35-33-31-29-26-23-20-17-14-11-8-5-2/h8-9,11-12,17-18,20-21,26-27,29-30,32-33,35,43,45,48,50,53-54,57,74H,4-7,10,13-16,19,22-25,28,31,34,36-42,44,46-47,49,51-52,55-56,58-73H2,1-3H3/b11-8-,12-9-,20-17-,21-18-,29-26-,32-30-,35-33-,45-43-,48-27-,53-50-,57-54-. The fourth-order valence-electron chi connectivity index (χ4n) is 9.49. The summed E-state index contributed by atoms with van der Waals surface area (Å²) in [5, 5.41) is 0. The molecule has 0 aromatic rings. The molecule has 1 atom stereocenters. The third-order valence-corrected chi connectivity index (χ3v) is 14.6. The summed E-state index contributed by atoms with van der Waals surface area (Å²) in [7, 11) is 0. The van der Waals surface area contributed by atoms with Gasteiger partial charge in [-0.15, -0.1) is 0 Å². The first-order valence-electron chi connectivity index (χ1n) is 34.7. The molecule has 0 spiro atoms. The normalized spacial score (nSPS) is 13.0. The van der Waals surface area contributed by atoms with E-state index in [4.69, 9.17) is 14.2 Å². The number of hydrogen-bond acceptors (Lipinski definition) is 6. The molecule has 0 saturated heterocycles. The van der Waals surface area contributed by atoms with E-state index in [9.17, 15) is 14.4 Å². The number of hydrogen-bond donors (Lipinski definition) is 0. The van der Waals surface area contributed by atoms with Crippen molar-refractivity contribution in [1.82, 2.24) is 0 Å². The summed E-state index contributed by atoms with van der Waals surface area (Å²) >= 11 is 0. The van der Waals surface area contributed by atoms with Gasteiger partial charge in [0.05, 0.1) is 0 Å². The highest BCUT2D eigenvalue weighted by atomic mass is 16.6. The molecule has 83 heavy (non-hydrogen) atoms. The second-order valence-corrected chi connectivity index (χ2v) is 22.7. The Hall–Kier alpha value is -4.45. The number of esters is 3. The van der Waals surface area contributed by atoms with Gasteiger partial charge in [-0.25, -0.2) is 0 Å². The molecule has 0 aromatic heterocycles. The summed E-state index contributed by atoms with van der Waals surface area (Å²) in [5.74, 6) is -0.967. The first-order valence-corrected chi connectivity index (χ1v) is 34.7. The first kappa shape index (κ1) is 78.5. The Balaban J connectivity index is 4.40. The summed E-state index contributed by atoms with van der Waals surface area (Å²) in [4.78, 5) is 38.4. The lowest BCUT2D eigenvalue weighted by atomic mass is 10.0. The van der Waals surface area contributed by atoms with Gasteiger partial charge in [0, 0.05) is 19.3 Å². The Kier molecular flexibility index (Phi) is 66.3. The number of allylic oxidation sites excluding steroid dienone is 22. The van der Waals surface area contributed by atoms with E-state index >= 15 is 0 Å². The molecule has 6 nitrogen and oxygen atoms in total. The first-order chi connectivity index (χ1) is 41.0. The zero-order chi connectivity index (χ0) is 59.9. The number of carbonyl (C=O) groups is 3. The third-order valence-electron chi connectivity index (χ3n) is 14.6. The fourth-order valence-corrected chi connectivity index (χ4v) is 9.49. The van der Waals surface area contributed by atoms with Gasteiger partial charge in [0.15, 0.2) is 6.10 Å². The minimum Gasteiger partial charge on any atom is -0.462 e. The quantitative estimate of drug-likeness (QED) is 0.0261. The number of ether oxygens (including phenoxy) is 3. The Labute approximate surface area is 513 Å². The lowest BCUT2D eigenvalue weighted by molar-refractivity contribution is -0.167. The molecule has 0 radical (unpaired) electrons. The monoisotopic (exact) mass is 1150 g/mol. The molecule has 0 aromatic carbocycles. The van der Waals surface area contributed by atoms with E-state index < -0.39 is 6.10 Å². The molecule has 0 aliphatic heterocycles. The predicted molar refractivity (Wildman–Crippen MR) is 362 cm³/mol. The Bertz CT molecular complexity index is 1750. The van der Waals surface area contributed by atoms with Gasteiger partial charge >= 0.3 is 17.9 Å². The topological polar surface area (TPSA) is 78.9 Å². The highest BCUT2D eigenvalue weighted by Crippen LogP contribution is 2.16. The van der Waals surface area contributed by atoms with Gasteiger partial charge in [0.25, 0.3) is 0 Å². The van der Waals surface area contributed by atoms with Crippen LogP contribution in [0.2, 0.25) is 0 Å². The molecular formula is C77H128O6. The zero-order valence-electron chi connectivity index (χ0n) is 54.2. The van der Waals surface area contributed by atoms with E-state index in [1.165, 1.54) is 141 Å². The summed E-state index contributed by atoms with van der Waals surface area (Å²) in [6.07, 6.45) is 99.1. The minimum absolute atomic E-state index is 0.104. The largest absolute Gasteiger partial charge is 0.462 e. The minimum atomic E-state index is -0.815. The third kappa shape index (κ3) is 68.2. The van der Waals surface area contributed by atoms with Crippen molar-refractivity contribution in [2.24, 2.45) is 0 Å². The van der Waals surface area contributed by atoms with Crippen LogP contribution >= 0.6 is 0 Å². The van der Waals surface area contributed by atoms with Crippen LogP contribution < -0.4 is 0 Å². The summed E-state index contributed by atoms with van der Waals surface area (Å²) < 4.78 is 16.9. The number of unbranched alkanes of at least 4 members (excludes halogenated alkanes) is 29. The van der Waals surface area contributed by atoms with Crippen molar-refractivity contribution in [3.05, 3.63) is 134 Å². The molecule has 0 saturated carbocycles. The lowest BCUT2D eigenvalue weighted by Crippen LogP contribution is -2.30. The van der Waals surface area contributed by atoms with Gasteiger partial charge in [-0.3, -0.25) is 14.4 Å². The van der Waals surface area contributed by atoms with Crippen molar-refractivity contribution < 1.29 is 28.6 Å².